The number of anilines is 1. The third-order valence-corrected chi connectivity index (χ3v) is 5.13. The van der Waals surface area contributed by atoms with Crippen molar-refractivity contribution >= 4 is 44.9 Å². The molecule has 2 aromatic carbocycles. The maximum Gasteiger partial charge on any atom is 0.338 e. The molecule has 0 fully saturated rings. The molecule has 2 aromatic rings. The lowest BCUT2D eigenvalue weighted by molar-refractivity contribution is 0.0526. The fourth-order valence-electron chi connectivity index (χ4n) is 1.96. The summed E-state index contributed by atoms with van der Waals surface area (Å²) < 4.78 is 37.1. The Morgan fingerprint density at radius 2 is 1.84 bits per heavy atom. The van der Waals surface area contributed by atoms with Gasteiger partial charge in [0.25, 0.3) is 10.0 Å². The number of sulfonamides is 1. The smallest absolute Gasteiger partial charge is 0.338 e. The highest BCUT2D eigenvalue weighted by Crippen LogP contribution is 2.30. The molecule has 0 aliphatic carbocycles. The highest BCUT2D eigenvalue weighted by Gasteiger charge is 2.18. The number of esters is 1. The topological polar surface area (TPSA) is 81.7 Å². The summed E-state index contributed by atoms with van der Waals surface area (Å²) in [6.07, 6.45) is 0. The molecule has 0 aromatic heterocycles. The number of nitrogens with one attached hydrogen (secondary N) is 1. The van der Waals surface area contributed by atoms with Crippen molar-refractivity contribution in [2.24, 2.45) is 0 Å². The summed E-state index contributed by atoms with van der Waals surface area (Å²) in [6, 6.07) is 8.21. The van der Waals surface area contributed by atoms with Crippen molar-refractivity contribution in [3.05, 3.63) is 52.0 Å². The molecule has 25 heavy (non-hydrogen) atoms. The zero-order valence-corrected chi connectivity index (χ0v) is 15.7. The summed E-state index contributed by atoms with van der Waals surface area (Å²) in [5.74, 6) is -0.182. The number of halogens is 2. The van der Waals surface area contributed by atoms with Crippen molar-refractivity contribution < 1.29 is 22.7 Å². The fraction of sp³-hybridized carbons (Fsp3) is 0.188. The molecule has 0 aliphatic heterocycles. The number of hydrogen-bond donors (Lipinski definition) is 1. The number of methoxy groups -OCH3 is 1. The van der Waals surface area contributed by atoms with Crippen LogP contribution in [0.1, 0.15) is 17.3 Å². The van der Waals surface area contributed by atoms with Gasteiger partial charge in [-0.25, -0.2) is 13.2 Å². The second kappa shape index (κ2) is 7.95. The van der Waals surface area contributed by atoms with E-state index in [9.17, 15) is 13.2 Å². The third-order valence-electron chi connectivity index (χ3n) is 3.16. The molecule has 0 aliphatic rings. The van der Waals surface area contributed by atoms with E-state index in [-0.39, 0.29) is 32.8 Å². The Balaban J connectivity index is 2.29. The van der Waals surface area contributed by atoms with Crippen molar-refractivity contribution in [2.45, 2.75) is 11.8 Å². The molecule has 6 nitrogen and oxygen atoms in total. The Labute approximate surface area is 155 Å². The number of hydrogen-bond acceptors (Lipinski definition) is 5. The Hall–Kier alpha value is -1.96. The second-order valence-electron chi connectivity index (χ2n) is 4.82. The van der Waals surface area contributed by atoms with Crippen LogP contribution in [0.4, 0.5) is 5.69 Å². The Morgan fingerprint density at radius 1 is 1.12 bits per heavy atom. The van der Waals surface area contributed by atoms with E-state index in [4.69, 9.17) is 32.7 Å². The number of ether oxygens (including phenoxy) is 2. The predicted octanol–water partition coefficient (Wildman–Crippen LogP) is 3.98. The van der Waals surface area contributed by atoms with E-state index in [1.807, 2.05) is 0 Å². The van der Waals surface area contributed by atoms with Crippen LogP contribution in [0.5, 0.6) is 5.75 Å². The predicted molar refractivity (Wildman–Crippen MR) is 96.2 cm³/mol. The van der Waals surface area contributed by atoms with E-state index in [0.29, 0.717) is 5.75 Å². The lowest BCUT2D eigenvalue weighted by Crippen LogP contribution is -2.14. The largest absolute Gasteiger partial charge is 0.495 e. The minimum atomic E-state index is -3.92. The molecule has 0 amide bonds. The van der Waals surface area contributed by atoms with Gasteiger partial charge in [0.05, 0.1) is 39.9 Å². The second-order valence-corrected chi connectivity index (χ2v) is 7.31. The third kappa shape index (κ3) is 4.56. The van der Waals surface area contributed by atoms with Crippen LogP contribution in [0.25, 0.3) is 0 Å². The number of benzene rings is 2. The number of rotatable bonds is 6. The molecular weight excluding hydrogens is 389 g/mol. The van der Waals surface area contributed by atoms with E-state index in [2.05, 4.69) is 4.72 Å². The standard InChI is InChI=1S/C16H15Cl2NO5S/c1-3-24-16(20)10-4-6-14(12(17)8-10)19-25(21,22)11-5-7-15(23-2)13(18)9-11/h4-9,19H,3H2,1-2H3. The van der Waals surface area contributed by atoms with Crippen LogP contribution in [0.3, 0.4) is 0 Å². The molecule has 0 heterocycles. The molecule has 134 valence electrons. The summed E-state index contributed by atoms with van der Waals surface area (Å²) >= 11 is 12.0. The van der Waals surface area contributed by atoms with E-state index in [1.54, 1.807) is 6.92 Å². The van der Waals surface area contributed by atoms with Gasteiger partial charge in [0.1, 0.15) is 5.75 Å². The zero-order chi connectivity index (χ0) is 18.6. The summed E-state index contributed by atoms with van der Waals surface area (Å²) in [6.45, 7) is 1.91. The van der Waals surface area contributed by atoms with Gasteiger partial charge < -0.3 is 9.47 Å². The Morgan fingerprint density at radius 3 is 2.40 bits per heavy atom. The van der Waals surface area contributed by atoms with Gasteiger partial charge in [-0.15, -0.1) is 0 Å². The molecule has 0 atom stereocenters. The van der Waals surface area contributed by atoms with Crippen LogP contribution in [0.2, 0.25) is 10.0 Å². The summed E-state index contributed by atoms with van der Waals surface area (Å²) in [5, 5.41) is 0.225. The highest BCUT2D eigenvalue weighted by molar-refractivity contribution is 7.92. The van der Waals surface area contributed by atoms with Gasteiger partial charge in [-0.3, -0.25) is 4.72 Å². The van der Waals surface area contributed by atoms with Gasteiger partial charge in [0.2, 0.25) is 0 Å². The average molecular weight is 404 g/mol. The molecule has 0 saturated heterocycles. The first-order valence-corrected chi connectivity index (χ1v) is 9.35. The van der Waals surface area contributed by atoms with Gasteiger partial charge in [0.15, 0.2) is 0 Å². The fourth-order valence-corrected chi connectivity index (χ4v) is 3.67. The maximum atomic E-state index is 12.5. The summed E-state index contributed by atoms with van der Waals surface area (Å²) in [5.41, 5.74) is 0.351. The summed E-state index contributed by atoms with van der Waals surface area (Å²) in [7, 11) is -2.49. The SMILES string of the molecule is CCOC(=O)c1ccc(NS(=O)(=O)c2ccc(OC)c(Cl)c2)c(Cl)c1. The van der Waals surface area contributed by atoms with Crippen LogP contribution in [-0.2, 0) is 14.8 Å². The van der Waals surface area contributed by atoms with Crippen LogP contribution in [0, 0.1) is 0 Å². The molecule has 9 heteroatoms. The zero-order valence-electron chi connectivity index (χ0n) is 13.4. The highest BCUT2D eigenvalue weighted by atomic mass is 35.5. The lowest BCUT2D eigenvalue weighted by atomic mass is 10.2. The Bertz CT molecular complexity index is 899. The molecule has 0 saturated carbocycles. The quantitative estimate of drug-likeness (QED) is 0.737. The van der Waals surface area contributed by atoms with Gasteiger partial charge in [0, 0.05) is 0 Å². The van der Waals surface area contributed by atoms with E-state index in [0.717, 1.165) is 0 Å². The molecule has 0 spiro atoms. The van der Waals surface area contributed by atoms with Crippen molar-refractivity contribution in [1.82, 2.24) is 0 Å². The van der Waals surface area contributed by atoms with Crippen molar-refractivity contribution in [2.75, 3.05) is 18.4 Å². The maximum absolute atomic E-state index is 12.5. The number of carbonyl (C=O) groups is 1. The molecule has 0 unspecified atom stereocenters. The van der Waals surface area contributed by atoms with Gasteiger partial charge >= 0.3 is 5.97 Å². The van der Waals surface area contributed by atoms with Crippen molar-refractivity contribution in [1.29, 1.82) is 0 Å². The van der Waals surface area contributed by atoms with Gasteiger partial charge in [-0.2, -0.15) is 0 Å². The molecular formula is C16H15Cl2NO5S. The molecule has 0 bridgehead atoms. The van der Waals surface area contributed by atoms with Crippen molar-refractivity contribution in [3.63, 3.8) is 0 Å². The van der Waals surface area contributed by atoms with E-state index in [1.165, 1.54) is 43.5 Å². The van der Waals surface area contributed by atoms with Crippen LogP contribution in [0.15, 0.2) is 41.3 Å². The first kappa shape index (κ1) is 19.4. The van der Waals surface area contributed by atoms with E-state index < -0.39 is 16.0 Å². The average Bonchev–Trinajstić information content (AvgIpc) is 2.56. The van der Waals surface area contributed by atoms with Gasteiger partial charge in [-0.1, -0.05) is 23.2 Å². The molecule has 0 radical (unpaired) electrons. The van der Waals surface area contributed by atoms with Crippen molar-refractivity contribution in [3.8, 4) is 5.75 Å². The molecule has 1 N–H and O–H groups in total. The molecule has 2 rings (SSSR count). The monoisotopic (exact) mass is 403 g/mol. The van der Waals surface area contributed by atoms with Crippen LogP contribution >= 0.6 is 23.2 Å². The van der Waals surface area contributed by atoms with Gasteiger partial charge in [-0.05, 0) is 43.3 Å². The Kier molecular flexibility index (Phi) is 6.16. The van der Waals surface area contributed by atoms with Crippen LogP contribution in [-0.4, -0.2) is 28.1 Å². The van der Waals surface area contributed by atoms with E-state index >= 15 is 0 Å². The number of carbonyl (C=O) groups excluding carboxylic acids is 1. The lowest BCUT2D eigenvalue weighted by Gasteiger charge is -2.12. The summed E-state index contributed by atoms with van der Waals surface area (Å²) in [4.78, 5) is 11.6. The first-order valence-electron chi connectivity index (χ1n) is 7.11. The normalized spacial score (nSPS) is 11.0. The van der Waals surface area contributed by atoms with Crippen LogP contribution < -0.4 is 9.46 Å². The minimum absolute atomic E-state index is 0.0520. The first-order chi connectivity index (χ1) is 11.8. The minimum Gasteiger partial charge on any atom is -0.495 e.